The van der Waals surface area contributed by atoms with Gasteiger partial charge in [0.2, 0.25) is 4.91 Å². The van der Waals surface area contributed by atoms with Gasteiger partial charge in [-0.25, -0.2) is 4.39 Å². The van der Waals surface area contributed by atoms with Crippen LogP contribution in [-0.4, -0.2) is 42.3 Å². The molecule has 1 aromatic rings. The fourth-order valence-corrected chi connectivity index (χ4v) is 3.17. The highest BCUT2D eigenvalue weighted by Crippen LogP contribution is 2.35. The minimum atomic E-state index is -1.32. The Hall–Kier alpha value is -2.75. The lowest BCUT2D eigenvalue weighted by Gasteiger charge is -2.36. The van der Waals surface area contributed by atoms with Crippen molar-refractivity contribution in [3.63, 3.8) is 0 Å². The summed E-state index contributed by atoms with van der Waals surface area (Å²) in [5.41, 5.74) is 6.84. The number of benzene rings is 1. The summed E-state index contributed by atoms with van der Waals surface area (Å²) in [4.78, 5) is 15.7. The van der Waals surface area contributed by atoms with Crippen LogP contribution in [-0.2, 0) is 4.74 Å². The lowest BCUT2D eigenvalue weighted by Crippen LogP contribution is -2.51. The molecule has 7 nitrogen and oxygen atoms in total. The number of halogens is 1. The summed E-state index contributed by atoms with van der Waals surface area (Å²) < 4.78 is 19.2. The maximum Gasteiger partial charge on any atom is 0.214 e. The first-order valence-electron chi connectivity index (χ1n) is 8.15. The molecule has 1 N–H and O–H groups in total. The largest absolute Gasteiger partial charge is 0.530 e. The van der Waals surface area contributed by atoms with Gasteiger partial charge >= 0.3 is 0 Å². The number of ether oxygens (including phenoxy) is 1. The second-order valence-electron chi connectivity index (χ2n) is 7.07. The second-order valence-corrected chi connectivity index (χ2v) is 7.07. The SMILES string of the molecule is CC(C)(C)C1[C@@H](N=[N+]=N)[C@H](OCC#Cc2ccccc2F)CN1C(=O)[O-]. The maximum absolute atomic E-state index is 13.5. The number of hydrogen-bond donors (Lipinski definition) is 1. The predicted molar refractivity (Wildman–Crippen MR) is 89.4 cm³/mol. The number of carbonyl (C=O) groups excluding carboxylic acids is 1. The molecule has 0 spiro atoms. The Labute approximate surface area is 151 Å². The van der Waals surface area contributed by atoms with Gasteiger partial charge in [-0.1, -0.05) is 44.7 Å². The van der Waals surface area contributed by atoms with Crippen molar-refractivity contribution >= 4 is 6.09 Å². The predicted octanol–water partition coefficient (Wildman–Crippen LogP) is 1.55. The first kappa shape index (κ1) is 19.6. The average Bonchev–Trinajstić information content (AvgIpc) is 2.92. The number of hydrogen-bond acceptors (Lipinski definition) is 5. The van der Waals surface area contributed by atoms with E-state index in [2.05, 4.69) is 21.9 Å². The van der Waals surface area contributed by atoms with Crippen LogP contribution in [0.25, 0.3) is 0 Å². The van der Waals surface area contributed by atoms with Crippen molar-refractivity contribution in [2.24, 2.45) is 10.5 Å². The molecule has 1 fully saturated rings. The van der Waals surface area contributed by atoms with Crippen molar-refractivity contribution < 1.29 is 19.0 Å². The van der Waals surface area contributed by atoms with E-state index in [9.17, 15) is 14.3 Å². The highest BCUT2D eigenvalue weighted by molar-refractivity contribution is 5.64. The van der Waals surface area contributed by atoms with Gasteiger partial charge in [-0.05, 0) is 17.5 Å². The quantitative estimate of drug-likeness (QED) is 0.502. The number of amides is 1. The zero-order chi connectivity index (χ0) is 19.3. The Morgan fingerprint density at radius 3 is 2.77 bits per heavy atom. The van der Waals surface area contributed by atoms with Crippen molar-refractivity contribution in [2.75, 3.05) is 13.2 Å². The van der Waals surface area contributed by atoms with Crippen LogP contribution in [0.5, 0.6) is 0 Å². The Morgan fingerprint density at radius 1 is 1.50 bits per heavy atom. The van der Waals surface area contributed by atoms with E-state index in [1.807, 2.05) is 20.8 Å². The van der Waals surface area contributed by atoms with Gasteiger partial charge in [0.15, 0.2) is 6.04 Å². The summed E-state index contributed by atoms with van der Waals surface area (Å²) >= 11 is 0. The molecule has 8 heteroatoms. The van der Waals surface area contributed by atoms with E-state index in [0.29, 0.717) is 0 Å². The molecule has 1 amide bonds. The maximum atomic E-state index is 13.5. The van der Waals surface area contributed by atoms with E-state index in [-0.39, 0.29) is 18.7 Å². The van der Waals surface area contributed by atoms with Crippen LogP contribution in [0.2, 0.25) is 0 Å². The highest BCUT2D eigenvalue weighted by Gasteiger charge is 2.51. The fraction of sp³-hybridized carbons (Fsp3) is 0.500. The summed E-state index contributed by atoms with van der Waals surface area (Å²) in [5.74, 6) is 4.97. The number of rotatable bonds is 3. The van der Waals surface area contributed by atoms with Gasteiger partial charge in [-0.3, -0.25) is 0 Å². The van der Waals surface area contributed by atoms with Crippen molar-refractivity contribution in [1.82, 2.24) is 9.81 Å². The van der Waals surface area contributed by atoms with Gasteiger partial charge in [0.25, 0.3) is 0 Å². The van der Waals surface area contributed by atoms with Gasteiger partial charge in [0.1, 0.15) is 35.3 Å². The van der Waals surface area contributed by atoms with E-state index < -0.39 is 35.5 Å². The summed E-state index contributed by atoms with van der Waals surface area (Å²) in [6.07, 6.45) is -1.93. The van der Waals surface area contributed by atoms with Crippen molar-refractivity contribution in [3.05, 3.63) is 35.6 Å². The normalized spacial score (nSPS) is 22.3. The number of nitrogens with zero attached hydrogens (tertiary/aromatic N) is 3. The monoisotopic (exact) mass is 360 g/mol. The standard InChI is InChI=1S/C18H21FN4O3/c1-18(2,3)16-15(21-22-20)14(11-23(16)17(24)25)26-10-6-8-12-7-4-5-9-13(12)19/h4-5,7,9,14-16,20H,10-11H2,1-3H3/t14-,15+,16?/m1/s1. The van der Waals surface area contributed by atoms with Gasteiger partial charge in [-0.2, -0.15) is 0 Å². The highest BCUT2D eigenvalue weighted by atomic mass is 19.1. The second kappa shape index (κ2) is 8.09. The first-order valence-corrected chi connectivity index (χ1v) is 8.15. The van der Waals surface area contributed by atoms with Gasteiger partial charge in [0, 0.05) is 6.54 Å². The Kier molecular flexibility index (Phi) is 6.09. The minimum absolute atomic E-state index is 0.0270. The topological polar surface area (TPSA) is 103 Å². The first-order chi connectivity index (χ1) is 12.3. The van der Waals surface area contributed by atoms with Crippen molar-refractivity contribution in [3.8, 4) is 11.8 Å². The smallest absolute Gasteiger partial charge is 0.214 e. The van der Waals surface area contributed by atoms with Crippen LogP contribution in [0.4, 0.5) is 9.18 Å². The zero-order valence-corrected chi connectivity index (χ0v) is 14.9. The molecule has 26 heavy (non-hydrogen) atoms. The summed E-state index contributed by atoms with van der Waals surface area (Å²) in [6.45, 7) is 5.65. The van der Waals surface area contributed by atoms with Gasteiger partial charge in [0.05, 0.1) is 11.6 Å². The third-order valence-corrected chi connectivity index (χ3v) is 4.20. The lowest BCUT2D eigenvalue weighted by atomic mass is 9.82. The van der Waals surface area contributed by atoms with Gasteiger partial charge < -0.3 is 19.5 Å². The molecule has 1 aliphatic rings. The average molecular weight is 360 g/mol. The minimum Gasteiger partial charge on any atom is -0.530 e. The molecule has 0 aromatic heterocycles. The molecule has 0 bridgehead atoms. The van der Waals surface area contributed by atoms with Crippen LogP contribution >= 0.6 is 0 Å². The molecular formula is C18H21FN4O3. The summed E-state index contributed by atoms with van der Waals surface area (Å²) in [7, 11) is 0. The molecule has 1 aromatic carbocycles. The van der Waals surface area contributed by atoms with Crippen molar-refractivity contribution in [2.45, 2.75) is 39.0 Å². The molecule has 0 saturated carbocycles. The van der Waals surface area contributed by atoms with Crippen LogP contribution in [0.1, 0.15) is 26.3 Å². The molecule has 1 aliphatic heterocycles. The van der Waals surface area contributed by atoms with Crippen LogP contribution < -0.4 is 10.0 Å². The van der Waals surface area contributed by atoms with E-state index in [1.54, 1.807) is 18.2 Å². The van der Waals surface area contributed by atoms with E-state index in [0.717, 1.165) is 4.90 Å². The van der Waals surface area contributed by atoms with Crippen LogP contribution in [0.15, 0.2) is 29.4 Å². The number of nitrogens with one attached hydrogen (secondary N) is 1. The Balaban J connectivity index is 2.14. The number of likely N-dealkylation sites (tertiary alicyclic amines) is 1. The van der Waals surface area contributed by atoms with E-state index >= 15 is 0 Å². The molecule has 3 atom stereocenters. The van der Waals surface area contributed by atoms with Crippen LogP contribution in [0.3, 0.4) is 0 Å². The molecule has 1 heterocycles. The van der Waals surface area contributed by atoms with Gasteiger partial charge in [-0.15, -0.1) is 0 Å². The molecule has 0 aliphatic carbocycles. The fourth-order valence-electron chi connectivity index (χ4n) is 3.17. The Bertz CT molecular complexity index is 775. The molecular weight excluding hydrogens is 339 g/mol. The molecule has 1 unspecified atom stereocenters. The Morgan fingerprint density at radius 2 is 2.19 bits per heavy atom. The summed E-state index contributed by atoms with van der Waals surface area (Å²) in [5, 5.41) is 15.3. The van der Waals surface area contributed by atoms with E-state index in [1.165, 1.54) is 6.07 Å². The van der Waals surface area contributed by atoms with Crippen LogP contribution in [0, 0.1) is 28.6 Å². The molecule has 2 rings (SSSR count). The zero-order valence-electron chi connectivity index (χ0n) is 14.9. The molecule has 0 radical (unpaired) electrons. The third kappa shape index (κ3) is 4.45. The summed E-state index contributed by atoms with van der Waals surface area (Å²) in [6, 6.07) is 4.96. The number of carboxylic acid groups (broad SMARTS) is 1. The molecule has 138 valence electrons. The lowest BCUT2D eigenvalue weighted by molar-refractivity contribution is -0.268. The van der Waals surface area contributed by atoms with Crippen molar-refractivity contribution in [1.29, 1.82) is 5.53 Å². The third-order valence-electron chi connectivity index (χ3n) is 4.20. The van der Waals surface area contributed by atoms with E-state index in [4.69, 9.17) is 10.3 Å². The number of carbonyl (C=O) groups is 1. The molecule has 1 saturated heterocycles.